The average molecular weight is 479 g/mol. The number of benzene rings is 2. The van der Waals surface area contributed by atoms with Crippen molar-refractivity contribution in [2.75, 3.05) is 17.7 Å². The summed E-state index contributed by atoms with van der Waals surface area (Å²) in [7, 11) is 1.73. The lowest BCUT2D eigenvalue weighted by Crippen LogP contribution is -2.32. The van der Waals surface area contributed by atoms with Crippen LogP contribution in [-0.2, 0) is 16.1 Å². The van der Waals surface area contributed by atoms with Crippen molar-refractivity contribution in [1.82, 2.24) is 24.5 Å². The number of nitrogens with one attached hydrogen (secondary N) is 1. The monoisotopic (exact) mass is 478 g/mol. The number of hydrogen-bond acceptors (Lipinski definition) is 6. The number of aryl methyl sites for hydroxylation is 1. The molecule has 0 spiro atoms. The van der Waals surface area contributed by atoms with E-state index in [1.807, 2.05) is 56.3 Å². The largest absolute Gasteiger partial charge is 0.354 e. The molecule has 4 rings (SSSR count). The smallest absolute Gasteiger partial charge is 0.262 e. The summed E-state index contributed by atoms with van der Waals surface area (Å²) in [6, 6.07) is 16.6. The standard InChI is InChI=1S/C24H26N6O3S/c1-16(2)25-20(31)13-14-29-22(33)18-11-7-8-12-19(18)30-23(29)26-27-24(30)34-15-21(32)28(3)17-9-5-4-6-10-17/h4-12,16H,13-15H2,1-3H3,(H,25,31). The van der Waals surface area contributed by atoms with Gasteiger partial charge in [0.25, 0.3) is 5.56 Å². The lowest BCUT2D eigenvalue weighted by Gasteiger charge is -2.16. The second-order valence-electron chi connectivity index (χ2n) is 8.14. The third kappa shape index (κ3) is 4.81. The van der Waals surface area contributed by atoms with Crippen molar-refractivity contribution < 1.29 is 9.59 Å². The second kappa shape index (κ2) is 10.1. The molecule has 10 heteroatoms. The molecule has 0 aliphatic carbocycles. The number of anilines is 1. The zero-order valence-electron chi connectivity index (χ0n) is 19.3. The summed E-state index contributed by atoms with van der Waals surface area (Å²) in [6.07, 6.45) is 0.141. The zero-order chi connectivity index (χ0) is 24.2. The Labute approximate surface area is 200 Å². The van der Waals surface area contributed by atoms with Crippen LogP contribution in [0.4, 0.5) is 5.69 Å². The van der Waals surface area contributed by atoms with Crippen LogP contribution in [0.5, 0.6) is 0 Å². The molecule has 2 heterocycles. The van der Waals surface area contributed by atoms with Gasteiger partial charge in [0, 0.05) is 31.7 Å². The van der Waals surface area contributed by atoms with E-state index >= 15 is 0 Å². The van der Waals surface area contributed by atoms with Gasteiger partial charge in [-0.1, -0.05) is 42.1 Å². The van der Waals surface area contributed by atoms with Gasteiger partial charge < -0.3 is 10.2 Å². The first kappa shape index (κ1) is 23.5. The van der Waals surface area contributed by atoms with E-state index in [0.717, 1.165) is 5.69 Å². The normalized spacial score (nSPS) is 11.3. The number of carbonyl (C=O) groups excluding carboxylic acids is 2. The number of amides is 2. The Balaban J connectivity index is 1.65. The molecule has 0 atom stereocenters. The SMILES string of the molecule is CC(C)NC(=O)CCn1c(=O)c2ccccc2n2c(SCC(=O)N(C)c3ccccc3)nnc12. The molecule has 0 saturated carbocycles. The Kier molecular flexibility index (Phi) is 6.97. The molecule has 1 N–H and O–H groups in total. The molecular weight excluding hydrogens is 452 g/mol. The molecule has 34 heavy (non-hydrogen) atoms. The maximum atomic E-state index is 13.2. The molecule has 0 fully saturated rings. The summed E-state index contributed by atoms with van der Waals surface area (Å²) in [5.41, 5.74) is 1.23. The first-order valence-electron chi connectivity index (χ1n) is 11.0. The summed E-state index contributed by atoms with van der Waals surface area (Å²) in [5.74, 6) is 0.261. The van der Waals surface area contributed by atoms with E-state index in [2.05, 4.69) is 15.5 Å². The summed E-state index contributed by atoms with van der Waals surface area (Å²) < 4.78 is 3.24. The molecule has 0 saturated heterocycles. The van der Waals surface area contributed by atoms with Crippen LogP contribution < -0.4 is 15.8 Å². The summed E-state index contributed by atoms with van der Waals surface area (Å²) in [4.78, 5) is 39.7. The first-order chi connectivity index (χ1) is 16.4. The van der Waals surface area contributed by atoms with Gasteiger partial charge in [0.2, 0.25) is 17.6 Å². The quantitative estimate of drug-likeness (QED) is 0.391. The zero-order valence-corrected chi connectivity index (χ0v) is 20.1. The highest BCUT2D eigenvalue weighted by Gasteiger charge is 2.19. The van der Waals surface area contributed by atoms with Crippen molar-refractivity contribution in [3.8, 4) is 0 Å². The van der Waals surface area contributed by atoms with E-state index in [1.165, 1.54) is 16.3 Å². The predicted molar refractivity (Wildman–Crippen MR) is 133 cm³/mol. The third-order valence-corrected chi connectivity index (χ3v) is 6.25. The van der Waals surface area contributed by atoms with E-state index in [4.69, 9.17) is 0 Å². The fourth-order valence-electron chi connectivity index (χ4n) is 3.65. The molecule has 0 unspecified atom stereocenters. The minimum absolute atomic E-state index is 0.0171. The molecule has 0 radical (unpaired) electrons. The van der Waals surface area contributed by atoms with Crippen molar-refractivity contribution in [3.05, 3.63) is 65.0 Å². The van der Waals surface area contributed by atoms with E-state index in [-0.39, 0.29) is 42.1 Å². The lowest BCUT2D eigenvalue weighted by molar-refractivity contribution is -0.121. The highest BCUT2D eigenvalue weighted by atomic mass is 32.2. The first-order valence-corrected chi connectivity index (χ1v) is 12.0. The summed E-state index contributed by atoms with van der Waals surface area (Å²) >= 11 is 1.25. The molecule has 0 bridgehead atoms. The maximum absolute atomic E-state index is 13.2. The Bertz CT molecular complexity index is 1400. The highest BCUT2D eigenvalue weighted by molar-refractivity contribution is 7.99. The summed E-state index contributed by atoms with van der Waals surface area (Å²) in [5, 5.41) is 12.4. The van der Waals surface area contributed by atoms with Gasteiger partial charge in [-0.2, -0.15) is 0 Å². The van der Waals surface area contributed by atoms with E-state index in [0.29, 0.717) is 21.8 Å². The van der Waals surface area contributed by atoms with Crippen LogP contribution in [0.15, 0.2) is 64.5 Å². The topological polar surface area (TPSA) is 102 Å². The van der Waals surface area contributed by atoms with Gasteiger partial charge in [0.1, 0.15) is 0 Å². The Morgan fingerprint density at radius 1 is 1.06 bits per heavy atom. The Morgan fingerprint density at radius 3 is 2.50 bits per heavy atom. The van der Waals surface area contributed by atoms with E-state index < -0.39 is 0 Å². The maximum Gasteiger partial charge on any atom is 0.262 e. The van der Waals surface area contributed by atoms with E-state index in [1.54, 1.807) is 28.5 Å². The fraction of sp³-hybridized carbons (Fsp3) is 0.292. The summed E-state index contributed by atoms with van der Waals surface area (Å²) in [6.45, 7) is 3.94. The van der Waals surface area contributed by atoms with Crippen molar-refractivity contribution in [3.63, 3.8) is 0 Å². The van der Waals surface area contributed by atoms with Crippen molar-refractivity contribution in [2.24, 2.45) is 0 Å². The lowest BCUT2D eigenvalue weighted by atomic mass is 10.2. The predicted octanol–water partition coefficient (Wildman–Crippen LogP) is 2.71. The molecule has 4 aromatic rings. The van der Waals surface area contributed by atoms with Gasteiger partial charge in [-0.3, -0.25) is 23.4 Å². The van der Waals surface area contributed by atoms with Crippen LogP contribution in [-0.4, -0.2) is 49.8 Å². The molecule has 9 nitrogen and oxygen atoms in total. The van der Waals surface area contributed by atoms with Crippen LogP contribution in [0.25, 0.3) is 16.7 Å². The van der Waals surface area contributed by atoms with Crippen LogP contribution in [0, 0.1) is 0 Å². The number of para-hydroxylation sites is 2. The van der Waals surface area contributed by atoms with Crippen molar-refractivity contribution >= 4 is 45.9 Å². The van der Waals surface area contributed by atoms with Gasteiger partial charge in [-0.15, -0.1) is 10.2 Å². The molecule has 0 aliphatic heterocycles. The number of hydrogen-bond donors (Lipinski definition) is 1. The molecule has 2 aromatic heterocycles. The van der Waals surface area contributed by atoms with Gasteiger partial charge in [-0.25, -0.2) is 0 Å². The van der Waals surface area contributed by atoms with Crippen LogP contribution >= 0.6 is 11.8 Å². The van der Waals surface area contributed by atoms with Gasteiger partial charge in [0.15, 0.2) is 5.16 Å². The van der Waals surface area contributed by atoms with Crippen LogP contribution in [0.3, 0.4) is 0 Å². The van der Waals surface area contributed by atoms with Crippen molar-refractivity contribution in [2.45, 2.75) is 38.0 Å². The number of fused-ring (bicyclic) bond motifs is 3. The number of carbonyl (C=O) groups is 2. The van der Waals surface area contributed by atoms with Crippen LogP contribution in [0.2, 0.25) is 0 Å². The van der Waals surface area contributed by atoms with E-state index in [9.17, 15) is 14.4 Å². The molecule has 0 aliphatic rings. The Morgan fingerprint density at radius 2 is 1.76 bits per heavy atom. The molecule has 2 amide bonds. The fourth-order valence-corrected chi connectivity index (χ4v) is 4.51. The Hall–Kier alpha value is -3.66. The third-order valence-electron chi connectivity index (χ3n) is 5.33. The minimum Gasteiger partial charge on any atom is -0.354 e. The molecular formula is C24H26N6O3S. The second-order valence-corrected chi connectivity index (χ2v) is 9.08. The van der Waals surface area contributed by atoms with Crippen LogP contribution in [0.1, 0.15) is 20.3 Å². The van der Waals surface area contributed by atoms with Gasteiger partial charge in [-0.05, 0) is 38.1 Å². The molecule has 2 aromatic carbocycles. The number of thioether (sulfide) groups is 1. The molecule has 176 valence electrons. The number of nitrogens with zero attached hydrogens (tertiary/aromatic N) is 5. The number of rotatable bonds is 8. The highest BCUT2D eigenvalue weighted by Crippen LogP contribution is 2.23. The number of aromatic nitrogens is 4. The average Bonchev–Trinajstić information content (AvgIpc) is 3.26. The minimum atomic E-state index is -0.232. The van der Waals surface area contributed by atoms with Crippen molar-refractivity contribution in [1.29, 1.82) is 0 Å². The van der Waals surface area contributed by atoms with Gasteiger partial charge in [0.05, 0.1) is 16.7 Å². The van der Waals surface area contributed by atoms with Gasteiger partial charge >= 0.3 is 0 Å².